The lowest BCUT2D eigenvalue weighted by Gasteiger charge is -2.30. The van der Waals surface area contributed by atoms with Crippen LogP contribution >= 0.6 is 22.6 Å². The van der Waals surface area contributed by atoms with Crippen LogP contribution in [0.4, 0.5) is 22.0 Å². The van der Waals surface area contributed by atoms with Crippen molar-refractivity contribution in [3.05, 3.63) is 40.0 Å². The summed E-state index contributed by atoms with van der Waals surface area (Å²) in [6.07, 6.45) is -6.00. The number of ether oxygens (including phenoxy) is 2. The molecule has 0 radical (unpaired) electrons. The molecule has 1 unspecified atom stereocenters. The van der Waals surface area contributed by atoms with E-state index in [0.717, 1.165) is 25.0 Å². The lowest BCUT2D eigenvalue weighted by molar-refractivity contribution is -0.248. The fourth-order valence-electron chi connectivity index (χ4n) is 2.88. The number of halogens is 6. The van der Waals surface area contributed by atoms with E-state index in [-0.39, 0.29) is 5.75 Å². The Morgan fingerprint density at radius 2 is 1.80 bits per heavy atom. The Bertz CT molecular complexity index is 925. The molecule has 0 aliphatic heterocycles. The van der Waals surface area contributed by atoms with Gasteiger partial charge in [0.1, 0.15) is 11.4 Å². The number of hydrogen-bond acceptors (Lipinski definition) is 6. The highest BCUT2D eigenvalue weighted by molar-refractivity contribution is 14.1. The average molecular weight is 569 g/mol. The maximum atomic E-state index is 13.5. The van der Waals surface area contributed by atoms with E-state index < -0.39 is 44.8 Å². The molecule has 168 valence electrons. The Labute approximate surface area is 182 Å². The van der Waals surface area contributed by atoms with Gasteiger partial charge in [0, 0.05) is 0 Å². The molecule has 1 aromatic carbocycles. The van der Waals surface area contributed by atoms with Gasteiger partial charge in [0.05, 0.1) is 9.13 Å². The van der Waals surface area contributed by atoms with Crippen molar-refractivity contribution in [2.24, 2.45) is 0 Å². The van der Waals surface area contributed by atoms with Crippen molar-refractivity contribution in [2.45, 2.75) is 48.8 Å². The Hall–Kier alpha value is -1.48. The van der Waals surface area contributed by atoms with Crippen LogP contribution in [0.15, 0.2) is 30.9 Å². The lowest BCUT2D eigenvalue weighted by atomic mass is 10.0. The maximum Gasteiger partial charge on any atom is 0.432 e. The summed E-state index contributed by atoms with van der Waals surface area (Å²) in [5.74, 6) is -1.82. The number of carbonyl (C=O) groups excluding carboxylic acids is 1. The molecule has 1 fully saturated rings. The van der Waals surface area contributed by atoms with Crippen LogP contribution in [0.5, 0.6) is 5.75 Å². The van der Waals surface area contributed by atoms with Gasteiger partial charge in [-0.2, -0.15) is 22.0 Å². The average Bonchev–Trinajstić information content (AvgIpc) is 3.08. The Morgan fingerprint density at radius 3 is 2.27 bits per heavy atom. The normalized spacial score (nSPS) is 18.0. The first kappa shape index (κ1) is 24.8. The Morgan fingerprint density at radius 1 is 1.23 bits per heavy atom. The van der Waals surface area contributed by atoms with Crippen LogP contribution in [0.1, 0.15) is 36.0 Å². The summed E-state index contributed by atoms with van der Waals surface area (Å²) >= 11 is 1.84. The highest BCUT2D eigenvalue weighted by Crippen LogP contribution is 2.40. The molecule has 6 nitrogen and oxygen atoms in total. The maximum absolute atomic E-state index is 13.5. The summed E-state index contributed by atoms with van der Waals surface area (Å²) < 4.78 is 108. The number of rotatable bonds is 7. The third-order valence-corrected chi connectivity index (χ3v) is 6.23. The first-order chi connectivity index (χ1) is 13.6. The minimum Gasteiger partial charge on any atom is -0.743 e. The summed E-state index contributed by atoms with van der Waals surface area (Å²) in [7, 11) is -6.77. The molecule has 0 amide bonds. The summed E-state index contributed by atoms with van der Waals surface area (Å²) in [6, 6.07) is 3.26. The molecule has 1 aliphatic carbocycles. The smallest absolute Gasteiger partial charge is 0.432 e. The minimum absolute atomic E-state index is 0.0821. The summed E-state index contributed by atoms with van der Waals surface area (Å²) in [6.45, 7) is 3.70. The molecule has 1 saturated carbocycles. The summed E-state index contributed by atoms with van der Waals surface area (Å²) in [5.41, 5.74) is -1.35. The van der Waals surface area contributed by atoms with E-state index >= 15 is 0 Å². The summed E-state index contributed by atoms with van der Waals surface area (Å²) in [5, 5.41) is -5.92. The van der Waals surface area contributed by atoms with Gasteiger partial charge < -0.3 is 14.0 Å². The predicted octanol–water partition coefficient (Wildman–Crippen LogP) is 4.39. The van der Waals surface area contributed by atoms with Crippen LogP contribution in [0.3, 0.4) is 0 Å². The van der Waals surface area contributed by atoms with Gasteiger partial charge in [0.25, 0.3) is 6.10 Å². The molecule has 0 spiro atoms. The van der Waals surface area contributed by atoms with Gasteiger partial charge in [0.2, 0.25) is 0 Å². The number of hydrogen-bond donors (Lipinski definition) is 0. The molecule has 0 bridgehead atoms. The quantitative estimate of drug-likeness (QED) is 0.159. The van der Waals surface area contributed by atoms with E-state index in [1.165, 1.54) is 6.07 Å². The molecule has 0 saturated heterocycles. The summed E-state index contributed by atoms with van der Waals surface area (Å²) in [4.78, 5) is 12.1. The van der Waals surface area contributed by atoms with E-state index in [9.17, 15) is 39.7 Å². The first-order valence-corrected chi connectivity index (χ1v) is 10.8. The van der Waals surface area contributed by atoms with Gasteiger partial charge >= 0.3 is 17.4 Å². The van der Waals surface area contributed by atoms with Crippen molar-refractivity contribution < 1.29 is 49.2 Å². The Balaban J connectivity index is 2.35. The van der Waals surface area contributed by atoms with Crippen molar-refractivity contribution in [2.75, 3.05) is 0 Å². The molecule has 30 heavy (non-hydrogen) atoms. The molecule has 1 aromatic rings. The zero-order valence-corrected chi connectivity index (χ0v) is 18.0. The zero-order chi connectivity index (χ0) is 23.0. The molecular formula is C17H15F5IO6S-. The minimum atomic E-state index is -6.77. The van der Waals surface area contributed by atoms with Crippen molar-refractivity contribution in [3.8, 4) is 5.75 Å². The van der Waals surface area contributed by atoms with Gasteiger partial charge in [-0.1, -0.05) is 6.58 Å². The van der Waals surface area contributed by atoms with Crippen molar-refractivity contribution in [1.29, 1.82) is 0 Å². The standard InChI is InChI=1S/C17H16F5IO6S/c1-2-15(7-3-4-8-15)29-12-9-10(5-6-11(12)23)13(24)28-14(16(18,19)20)17(21,22)30(25,26)27/h2,5-6,9,14H,1,3-4,7-8H2,(H,25,26,27)/p-1. The fourth-order valence-corrected chi connectivity index (χ4v) is 3.77. The topological polar surface area (TPSA) is 92.7 Å². The zero-order valence-electron chi connectivity index (χ0n) is 15.0. The number of alkyl halides is 5. The van der Waals surface area contributed by atoms with E-state index in [1.54, 1.807) is 6.08 Å². The lowest BCUT2D eigenvalue weighted by Crippen LogP contribution is -2.52. The van der Waals surface area contributed by atoms with Crippen LogP contribution < -0.4 is 4.74 Å². The molecule has 0 aromatic heterocycles. The van der Waals surface area contributed by atoms with Crippen LogP contribution in [0.2, 0.25) is 0 Å². The van der Waals surface area contributed by atoms with Crippen molar-refractivity contribution in [3.63, 3.8) is 0 Å². The number of carbonyl (C=O) groups is 1. The van der Waals surface area contributed by atoms with E-state index in [1.807, 2.05) is 22.6 Å². The second kappa shape index (κ2) is 8.57. The van der Waals surface area contributed by atoms with Gasteiger partial charge in [-0.15, -0.1) is 0 Å². The van der Waals surface area contributed by atoms with Gasteiger partial charge in [0.15, 0.2) is 10.1 Å². The van der Waals surface area contributed by atoms with E-state index in [2.05, 4.69) is 11.3 Å². The van der Waals surface area contributed by atoms with Crippen LogP contribution in [-0.2, 0) is 14.9 Å². The third kappa shape index (κ3) is 5.22. The number of benzene rings is 1. The van der Waals surface area contributed by atoms with E-state index in [0.29, 0.717) is 16.4 Å². The molecule has 2 rings (SSSR count). The second-order valence-electron chi connectivity index (χ2n) is 6.57. The first-order valence-electron chi connectivity index (χ1n) is 8.36. The van der Waals surface area contributed by atoms with Crippen LogP contribution in [0.25, 0.3) is 0 Å². The Kier molecular flexibility index (Phi) is 7.08. The van der Waals surface area contributed by atoms with Crippen LogP contribution in [-0.4, -0.2) is 42.1 Å². The molecule has 1 atom stereocenters. The van der Waals surface area contributed by atoms with Gasteiger partial charge in [-0.05, 0) is 72.5 Å². The van der Waals surface area contributed by atoms with Gasteiger partial charge in [-0.25, -0.2) is 13.2 Å². The largest absolute Gasteiger partial charge is 0.743 e. The van der Waals surface area contributed by atoms with Gasteiger partial charge in [-0.3, -0.25) is 0 Å². The van der Waals surface area contributed by atoms with Crippen LogP contribution in [0, 0.1) is 3.57 Å². The highest BCUT2D eigenvalue weighted by Gasteiger charge is 2.63. The van der Waals surface area contributed by atoms with E-state index in [4.69, 9.17) is 4.74 Å². The van der Waals surface area contributed by atoms with Crippen molar-refractivity contribution in [1.82, 2.24) is 0 Å². The SMILES string of the molecule is C=CC1(Oc2cc(C(=O)OC(C(F)(F)F)C(F)(F)S(=O)(=O)[O-])ccc2I)CCCC1. The highest BCUT2D eigenvalue weighted by atomic mass is 127. The number of esters is 1. The second-order valence-corrected chi connectivity index (χ2v) is 9.18. The molecular weight excluding hydrogens is 554 g/mol. The molecule has 0 heterocycles. The fraction of sp³-hybridized carbons (Fsp3) is 0.471. The third-order valence-electron chi connectivity index (χ3n) is 4.46. The predicted molar refractivity (Wildman–Crippen MR) is 101 cm³/mol. The molecule has 0 N–H and O–H groups in total. The molecule has 13 heteroatoms. The monoisotopic (exact) mass is 569 g/mol. The van der Waals surface area contributed by atoms with Crippen molar-refractivity contribution >= 4 is 38.7 Å². The molecule has 1 aliphatic rings.